The summed E-state index contributed by atoms with van der Waals surface area (Å²) in [6, 6.07) is 31.4. The van der Waals surface area contributed by atoms with Crippen molar-refractivity contribution in [1.29, 1.82) is 0 Å². The molecule has 0 unspecified atom stereocenters. The second-order valence-corrected chi connectivity index (χ2v) is 9.53. The summed E-state index contributed by atoms with van der Waals surface area (Å²) in [5.74, 6) is 2.15. The van der Waals surface area contributed by atoms with E-state index in [4.69, 9.17) is 20.9 Å². The molecule has 40 heavy (non-hydrogen) atoms. The largest absolute Gasteiger partial charge is 0.457 e. The highest BCUT2D eigenvalue weighted by Crippen LogP contribution is 2.27. The standard InChI is InChI=1S/C34H28N2O4/c1-21-18-29(14-16-31(21)35)39-27-10-6-23(7-11-27)33(37)25-4-3-5-26(20-25)34(38)24-8-12-28(13-9-24)40-30-15-17-32(36)22(2)19-30/h3-20H,35-36H2,1-2H3. The molecule has 0 aromatic heterocycles. The van der Waals surface area contributed by atoms with Gasteiger partial charge in [-0.2, -0.15) is 0 Å². The Balaban J connectivity index is 1.27. The van der Waals surface area contributed by atoms with Gasteiger partial charge in [-0.1, -0.05) is 18.2 Å². The molecular formula is C34H28N2O4. The molecule has 198 valence electrons. The van der Waals surface area contributed by atoms with Crippen LogP contribution < -0.4 is 20.9 Å². The Bertz CT molecular complexity index is 1580. The van der Waals surface area contributed by atoms with Gasteiger partial charge in [-0.3, -0.25) is 9.59 Å². The van der Waals surface area contributed by atoms with Crippen LogP contribution in [0, 0.1) is 13.8 Å². The summed E-state index contributed by atoms with van der Waals surface area (Å²) in [7, 11) is 0. The lowest BCUT2D eigenvalue weighted by molar-refractivity contribution is 0.103. The zero-order chi connectivity index (χ0) is 28.2. The lowest BCUT2D eigenvalue weighted by Crippen LogP contribution is -2.06. The monoisotopic (exact) mass is 528 g/mol. The second kappa shape index (κ2) is 11.2. The molecule has 0 radical (unpaired) electrons. The molecular weight excluding hydrogens is 500 g/mol. The molecule has 5 aromatic rings. The van der Waals surface area contributed by atoms with Crippen molar-refractivity contribution in [2.24, 2.45) is 0 Å². The molecule has 0 spiro atoms. The Kier molecular flexibility index (Phi) is 7.33. The highest BCUT2D eigenvalue weighted by atomic mass is 16.5. The SMILES string of the molecule is Cc1cc(Oc2ccc(C(=O)c3cccc(C(=O)c4ccc(Oc5ccc(N)c(C)c5)cc4)c3)cc2)ccc1N. The van der Waals surface area contributed by atoms with Crippen LogP contribution in [-0.2, 0) is 0 Å². The Morgan fingerprint density at radius 2 is 0.850 bits per heavy atom. The average Bonchev–Trinajstić information content (AvgIpc) is 2.97. The Morgan fingerprint density at radius 1 is 0.475 bits per heavy atom. The van der Waals surface area contributed by atoms with E-state index in [2.05, 4.69) is 0 Å². The van der Waals surface area contributed by atoms with E-state index < -0.39 is 0 Å². The van der Waals surface area contributed by atoms with E-state index in [-0.39, 0.29) is 11.6 Å². The third-order valence-corrected chi connectivity index (χ3v) is 6.57. The van der Waals surface area contributed by atoms with Crippen molar-refractivity contribution < 1.29 is 19.1 Å². The highest BCUT2D eigenvalue weighted by Gasteiger charge is 2.15. The van der Waals surface area contributed by atoms with Crippen LogP contribution in [-0.4, -0.2) is 11.6 Å². The quantitative estimate of drug-likeness (QED) is 0.159. The van der Waals surface area contributed by atoms with E-state index in [9.17, 15) is 9.59 Å². The zero-order valence-electron chi connectivity index (χ0n) is 22.2. The summed E-state index contributed by atoms with van der Waals surface area (Å²) in [6.07, 6.45) is 0. The first-order valence-electron chi connectivity index (χ1n) is 12.7. The van der Waals surface area contributed by atoms with Gasteiger partial charge in [-0.25, -0.2) is 0 Å². The molecule has 4 N–H and O–H groups in total. The van der Waals surface area contributed by atoms with Crippen molar-refractivity contribution in [3.8, 4) is 23.0 Å². The molecule has 6 nitrogen and oxygen atoms in total. The second-order valence-electron chi connectivity index (χ2n) is 9.53. The van der Waals surface area contributed by atoms with Gasteiger partial charge < -0.3 is 20.9 Å². The van der Waals surface area contributed by atoms with Crippen LogP contribution >= 0.6 is 0 Å². The van der Waals surface area contributed by atoms with Crippen molar-refractivity contribution in [2.75, 3.05) is 11.5 Å². The zero-order valence-corrected chi connectivity index (χ0v) is 22.2. The molecule has 0 saturated carbocycles. The highest BCUT2D eigenvalue weighted by molar-refractivity contribution is 6.13. The summed E-state index contributed by atoms with van der Waals surface area (Å²) in [4.78, 5) is 26.4. The number of ether oxygens (including phenoxy) is 2. The van der Waals surface area contributed by atoms with Crippen LogP contribution in [0.1, 0.15) is 43.0 Å². The van der Waals surface area contributed by atoms with Gasteiger partial charge >= 0.3 is 0 Å². The van der Waals surface area contributed by atoms with Crippen LogP contribution in [0.5, 0.6) is 23.0 Å². The van der Waals surface area contributed by atoms with Crippen LogP contribution in [0.3, 0.4) is 0 Å². The normalized spacial score (nSPS) is 10.7. The summed E-state index contributed by atoms with van der Waals surface area (Å²) in [5, 5.41) is 0. The predicted molar refractivity (Wildman–Crippen MR) is 158 cm³/mol. The summed E-state index contributed by atoms with van der Waals surface area (Å²) >= 11 is 0. The maximum Gasteiger partial charge on any atom is 0.193 e. The average molecular weight is 529 g/mol. The number of nitrogen functional groups attached to an aromatic ring is 2. The summed E-state index contributed by atoms with van der Waals surface area (Å²) < 4.78 is 11.8. The molecule has 0 amide bonds. The van der Waals surface area contributed by atoms with Crippen LogP contribution in [0.2, 0.25) is 0 Å². The molecule has 0 aliphatic rings. The van der Waals surface area contributed by atoms with E-state index in [1.807, 2.05) is 26.0 Å². The molecule has 0 aliphatic carbocycles. The summed E-state index contributed by atoms with van der Waals surface area (Å²) in [5.41, 5.74) is 16.8. The number of hydrogen-bond acceptors (Lipinski definition) is 6. The first-order valence-corrected chi connectivity index (χ1v) is 12.7. The number of rotatable bonds is 8. The lowest BCUT2D eigenvalue weighted by atomic mass is 9.97. The van der Waals surface area contributed by atoms with Gasteiger partial charge in [0.2, 0.25) is 0 Å². The number of anilines is 2. The smallest absolute Gasteiger partial charge is 0.193 e. The van der Waals surface area contributed by atoms with Crippen molar-refractivity contribution in [3.05, 3.63) is 143 Å². The topological polar surface area (TPSA) is 105 Å². The van der Waals surface area contributed by atoms with Gasteiger partial charge in [0.05, 0.1) is 0 Å². The van der Waals surface area contributed by atoms with E-state index in [0.29, 0.717) is 56.6 Å². The molecule has 5 rings (SSSR count). The van der Waals surface area contributed by atoms with Gasteiger partial charge in [0.1, 0.15) is 23.0 Å². The van der Waals surface area contributed by atoms with Gasteiger partial charge in [-0.05, 0) is 116 Å². The fourth-order valence-electron chi connectivity index (χ4n) is 4.18. The molecule has 0 bridgehead atoms. The maximum absolute atomic E-state index is 13.2. The number of nitrogens with two attached hydrogens (primary N) is 2. The van der Waals surface area contributed by atoms with Crippen molar-refractivity contribution in [1.82, 2.24) is 0 Å². The minimum Gasteiger partial charge on any atom is -0.457 e. The van der Waals surface area contributed by atoms with Crippen LogP contribution in [0.4, 0.5) is 11.4 Å². The van der Waals surface area contributed by atoms with Gasteiger partial charge in [0.25, 0.3) is 0 Å². The molecule has 0 fully saturated rings. The van der Waals surface area contributed by atoms with Gasteiger partial charge in [-0.15, -0.1) is 0 Å². The lowest BCUT2D eigenvalue weighted by Gasteiger charge is -2.09. The fourth-order valence-corrected chi connectivity index (χ4v) is 4.18. The van der Waals surface area contributed by atoms with Crippen LogP contribution in [0.15, 0.2) is 109 Å². The summed E-state index contributed by atoms with van der Waals surface area (Å²) in [6.45, 7) is 3.83. The Labute approximate surface area is 232 Å². The fraction of sp³-hybridized carbons (Fsp3) is 0.0588. The number of benzene rings is 5. The third kappa shape index (κ3) is 5.87. The first-order chi connectivity index (χ1) is 19.3. The number of carbonyl (C=O) groups excluding carboxylic acids is 2. The predicted octanol–water partition coefficient (Wildman–Crippen LogP) is 7.51. The van der Waals surface area contributed by atoms with E-state index in [1.165, 1.54) is 0 Å². The first kappa shape index (κ1) is 26.3. The van der Waals surface area contributed by atoms with Crippen molar-refractivity contribution in [3.63, 3.8) is 0 Å². The van der Waals surface area contributed by atoms with Crippen molar-refractivity contribution in [2.45, 2.75) is 13.8 Å². The molecule has 0 atom stereocenters. The molecule has 0 aliphatic heterocycles. The minimum absolute atomic E-state index is 0.188. The van der Waals surface area contributed by atoms with Gasteiger partial charge in [0, 0.05) is 33.6 Å². The number of ketones is 2. The Morgan fingerprint density at radius 3 is 1.23 bits per heavy atom. The van der Waals surface area contributed by atoms with Crippen LogP contribution in [0.25, 0.3) is 0 Å². The molecule has 5 aromatic carbocycles. The molecule has 6 heteroatoms. The maximum atomic E-state index is 13.2. The number of carbonyl (C=O) groups is 2. The minimum atomic E-state index is -0.188. The van der Waals surface area contributed by atoms with Gasteiger partial charge in [0.15, 0.2) is 11.6 Å². The van der Waals surface area contributed by atoms with E-state index in [1.54, 1.807) is 97.1 Å². The van der Waals surface area contributed by atoms with Crippen molar-refractivity contribution >= 4 is 22.9 Å². The number of aryl methyl sites for hydroxylation is 2. The molecule has 0 heterocycles. The van der Waals surface area contributed by atoms with E-state index in [0.717, 1.165) is 11.1 Å². The third-order valence-electron chi connectivity index (χ3n) is 6.57. The Hall–Kier alpha value is -5.36. The van der Waals surface area contributed by atoms with E-state index >= 15 is 0 Å². The molecule has 0 saturated heterocycles. The number of hydrogen-bond donors (Lipinski definition) is 2.